The van der Waals surface area contributed by atoms with Crippen LogP contribution in [-0.2, 0) is 44.3 Å². The first-order chi connectivity index (χ1) is 15.9. The van der Waals surface area contributed by atoms with Crippen molar-refractivity contribution >= 4 is 5.91 Å². The van der Waals surface area contributed by atoms with Crippen LogP contribution < -0.4 is 5.32 Å². The van der Waals surface area contributed by atoms with Gasteiger partial charge in [0.05, 0.1) is 69.1 Å². The zero-order chi connectivity index (χ0) is 23.0. The molecule has 0 aromatic carbocycles. The highest BCUT2D eigenvalue weighted by Crippen LogP contribution is 2.45. The number of fused-ring (bicyclic) bond motifs is 3. The fraction of sp³-hybridized carbons (Fsp3) is 0.636. The van der Waals surface area contributed by atoms with E-state index >= 15 is 0 Å². The van der Waals surface area contributed by atoms with Gasteiger partial charge in [0.1, 0.15) is 11.9 Å². The van der Waals surface area contributed by atoms with E-state index in [0.717, 1.165) is 12.5 Å². The maximum atomic E-state index is 14.8. The molecule has 2 atom stereocenters. The Labute approximate surface area is 189 Å². The fourth-order valence-corrected chi connectivity index (χ4v) is 4.47. The van der Waals surface area contributed by atoms with Crippen molar-refractivity contribution in [3.63, 3.8) is 0 Å². The summed E-state index contributed by atoms with van der Waals surface area (Å²) in [6.07, 6.45) is 2.36. The Balaban J connectivity index is 1.42. The standard InChI is InChI=1S/C22H27F2N3O6/c1-22(23,24)18-17-16(33-20(18)21(28)25-8-14-11-29-4-6-31-14)3-2-13-9-27(26-19(13)17)10-15-12-30-5-7-32-15/h9,14-15H,2-8,10-12H2,1H3,(H,25,28)/t14-,15-/m0/s1. The number of nitrogens with zero attached hydrogens (tertiary/aromatic N) is 2. The van der Waals surface area contributed by atoms with Gasteiger partial charge in [-0.15, -0.1) is 0 Å². The summed E-state index contributed by atoms with van der Waals surface area (Å²) in [6, 6.07) is 0. The van der Waals surface area contributed by atoms with E-state index in [-0.39, 0.29) is 30.1 Å². The van der Waals surface area contributed by atoms with Crippen molar-refractivity contribution in [2.24, 2.45) is 0 Å². The van der Waals surface area contributed by atoms with Crippen molar-refractivity contribution < 1.29 is 36.9 Å². The second kappa shape index (κ2) is 9.13. The van der Waals surface area contributed by atoms with Crippen LogP contribution in [0.4, 0.5) is 8.78 Å². The third kappa shape index (κ3) is 4.68. The number of hydrogen-bond acceptors (Lipinski definition) is 7. The Hall–Kier alpha value is -2.34. The number of carbonyl (C=O) groups excluding carboxylic acids is 1. The van der Waals surface area contributed by atoms with Crippen LogP contribution in [0.1, 0.15) is 34.4 Å². The van der Waals surface area contributed by atoms with Gasteiger partial charge in [-0.25, -0.2) is 8.78 Å². The van der Waals surface area contributed by atoms with Gasteiger partial charge in [0.2, 0.25) is 5.76 Å². The molecule has 2 aliphatic heterocycles. The molecule has 9 nitrogen and oxygen atoms in total. The summed E-state index contributed by atoms with van der Waals surface area (Å²) in [7, 11) is 0. The lowest BCUT2D eigenvalue weighted by molar-refractivity contribution is -0.0946. The van der Waals surface area contributed by atoms with Gasteiger partial charge in [-0.1, -0.05) is 0 Å². The smallest absolute Gasteiger partial charge is 0.287 e. The Morgan fingerprint density at radius 1 is 1.15 bits per heavy atom. The minimum atomic E-state index is -3.30. The molecule has 0 bridgehead atoms. The molecule has 2 fully saturated rings. The van der Waals surface area contributed by atoms with Crippen LogP contribution in [-0.4, -0.2) is 74.1 Å². The molecule has 1 aliphatic carbocycles. The van der Waals surface area contributed by atoms with Crippen LogP contribution in [0.25, 0.3) is 11.3 Å². The molecular formula is C22H27F2N3O6. The summed E-state index contributed by atoms with van der Waals surface area (Å²) in [6.45, 7) is 4.16. The highest BCUT2D eigenvalue weighted by Gasteiger charge is 2.42. The van der Waals surface area contributed by atoms with Crippen LogP contribution >= 0.6 is 0 Å². The normalized spacial score (nSPS) is 23.1. The lowest BCUT2D eigenvalue weighted by Crippen LogP contribution is -2.40. The molecule has 4 heterocycles. The third-order valence-corrected chi connectivity index (χ3v) is 5.97. The summed E-state index contributed by atoms with van der Waals surface area (Å²) in [5.41, 5.74) is 1.05. The predicted octanol–water partition coefficient (Wildman–Crippen LogP) is 1.91. The second-order valence-electron chi connectivity index (χ2n) is 8.56. The largest absolute Gasteiger partial charge is 0.455 e. The number of furan rings is 1. The molecule has 2 aromatic heterocycles. The number of rotatable bonds is 6. The quantitative estimate of drug-likeness (QED) is 0.693. The monoisotopic (exact) mass is 467 g/mol. The molecule has 1 amide bonds. The Kier molecular flexibility index (Phi) is 6.21. The summed E-state index contributed by atoms with van der Waals surface area (Å²) >= 11 is 0. The molecule has 1 N–H and O–H groups in total. The molecule has 11 heteroatoms. The first kappa shape index (κ1) is 22.5. The van der Waals surface area contributed by atoms with E-state index < -0.39 is 17.4 Å². The van der Waals surface area contributed by atoms with E-state index in [1.807, 2.05) is 6.20 Å². The van der Waals surface area contributed by atoms with E-state index in [9.17, 15) is 13.6 Å². The van der Waals surface area contributed by atoms with Crippen LogP contribution in [0.5, 0.6) is 0 Å². The van der Waals surface area contributed by atoms with Crippen LogP contribution in [0.3, 0.4) is 0 Å². The number of carbonyl (C=O) groups is 1. The van der Waals surface area contributed by atoms with Crippen molar-refractivity contribution in [3.05, 3.63) is 28.8 Å². The number of amides is 1. The predicted molar refractivity (Wildman–Crippen MR) is 110 cm³/mol. The minimum Gasteiger partial charge on any atom is -0.455 e. The summed E-state index contributed by atoms with van der Waals surface area (Å²) in [4.78, 5) is 12.9. The Morgan fingerprint density at radius 3 is 2.55 bits per heavy atom. The molecule has 2 saturated heterocycles. The average molecular weight is 467 g/mol. The summed E-state index contributed by atoms with van der Waals surface area (Å²) in [5.74, 6) is -4.03. The van der Waals surface area contributed by atoms with Crippen molar-refractivity contribution in [3.8, 4) is 11.3 Å². The maximum absolute atomic E-state index is 14.8. The number of halogens is 2. The number of nitrogens with one attached hydrogen (secondary N) is 1. The number of aromatic nitrogens is 2. The molecule has 33 heavy (non-hydrogen) atoms. The molecule has 0 spiro atoms. The van der Waals surface area contributed by atoms with Crippen molar-refractivity contribution in [2.45, 2.75) is 44.4 Å². The SMILES string of the molecule is CC(F)(F)c1c(C(=O)NC[C@H]2COCCO2)oc2c1-c1nn(C[C@H]3COCCO3)cc1CC2. The molecule has 0 saturated carbocycles. The molecule has 2 aromatic rings. The van der Waals surface area contributed by atoms with Gasteiger partial charge >= 0.3 is 0 Å². The fourth-order valence-electron chi connectivity index (χ4n) is 4.47. The Bertz CT molecular complexity index is 1000. The van der Waals surface area contributed by atoms with E-state index in [2.05, 4.69) is 10.4 Å². The highest BCUT2D eigenvalue weighted by molar-refractivity contribution is 5.96. The van der Waals surface area contributed by atoms with E-state index in [1.54, 1.807) is 4.68 Å². The minimum absolute atomic E-state index is 0.141. The average Bonchev–Trinajstić information content (AvgIpc) is 3.39. The van der Waals surface area contributed by atoms with Gasteiger partial charge in [-0.05, 0) is 12.0 Å². The summed E-state index contributed by atoms with van der Waals surface area (Å²) in [5, 5.41) is 7.22. The van der Waals surface area contributed by atoms with Crippen molar-refractivity contribution in [2.75, 3.05) is 46.2 Å². The Morgan fingerprint density at radius 2 is 1.88 bits per heavy atom. The van der Waals surface area contributed by atoms with Crippen LogP contribution in [0.2, 0.25) is 0 Å². The molecule has 180 valence electrons. The molecule has 0 radical (unpaired) electrons. The van der Waals surface area contributed by atoms with E-state index in [1.165, 1.54) is 0 Å². The topological polar surface area (TPSA) is 97.0 Å². The number of ether oxygens (including phenoxy) is 4. The molecule has 0 unspecified atom stereocenters. The van der Waals surface area contributed by atoms with Gasteiger partial charge in [-0.2, -0.15) is 5.10 Å². The highest BCUT2D eigenvalue weighted by atomic mass is 19.3. The molecule has 5 rings (SSSR count). The maximum Gasteiger partial charge on any atom is 0.287 e. The van der Waals surface area contributed by atoms with Gasteiger partial charge in [0.25, 0.3) is 11.8 Å². The zero-order valence-corrected chi connectivity index (χ0v) is 18.4. The lowest BCUT2D eigenvalue weighted by Gasteiger charge is -2.23. The number of hydrogen-bond donors (Lipinski definition) is 1. The van der Waals surface area contributed by atoms with Gasteiger partial charge in [-0.3, -0.25) is 9.48 Å². The van der Waals surface area contributed by atoms with Crippen LogP contribution in [0, 0.1) is 0 Å². The summed E-state index contributed by atoms with van der Waals surface area (Å²) < 4.78 is 59.0. The van der Waals surface area contributed by atoms with Crippen molar-refractivity contribution in [1.82, 2.24) is 15.1 Å². The van der Waals surface area contributed by atoms with E-state index in [0.29, 0.717) is 70.5 Å². The molecule has 3 aliphatic rings. The van der Waals surface area contributed by atoms with Gasteiger partial charge in [0.15, 0.2) is 0 Å². The third-order valence-electron chi connectivity index (χ3n) is 5.97. The van der Waals surface area contributed by atoms with Gasteiger partial charge < -0.3 is 28.7 Å². The van der Waals surface area contributed by atoms with Crippen molar-refractivity contribution in [1.29, 1.82) is 0 Å². The molecular weight excluding hydrogens is 440 g/mol. The zero-order valence-electron chi connectivity index (χ0n) is 18.4. The second-order valence-corrected chi connectivity index (χ2v) is 8.56. The first-order valence-corrected chi connectivity index (χ1v) is 11.2. The van der Waals surface area contributed by atoms with E-state index in [4.69, 9.17) is 23.4 Å². The number of aryl methyl sites for hydroxylation is 2. The lowest BCUT2D eigenvalue weighted by atomic mass is 9.91. The van der Waals surface area contributed by atoms with Crippen LogP contribution in [0.15, 0.2) is 10.6 Å². The first-order valence-electron chi connectivity index (χ1n) is 11.2. The van der Waals surface area contributed by atoms with Gasteiger partial charge in [0, 0.05) is 26.1 Å². The number of alkyl halides is 2.